The molecule has 0 heterocycles. The van der Waals surface area contributed by atoms with Gasteiger partial charge in [0.1, 0.15) is 0 Å². The van der Waals surface area contributed by atoms with E-state index >= 15 is 0 Å². The number of hydrogen-bond donors (Lipinski definition) is 0. The van der Waals surface area contributed by atoms with Crippen LogP contribution in [0.15, 0.2) is 0 Å². The van der Waals surface area contributed by atoms with Gasteiger partial charge in [-0.1, -0.05) is 12.8 Å². The number of carbonyl (C=O) groups is 1. The molecule has 0 bridgehead atoms. The fourth-order valence-corrected chi connectivity index (χ4v) is 2.64. The standard InChI is InChI=1S/C10H18O2S/c1-8(2)12-10(11)7-13-9-5-3-4-6-9/h8-9H,3-7H2,1-2H3. The number of hydrogen-bond acceptors (Lipinski definition) is 3. The van der Waals surface area contributed by atoms with Crippen molar-refractivity contribution in [2.75, 3.05) is 5.75 Å². The second-order valence-electron chi connectivity index (χ2n) is 3.76. The van der Waals surface area contributed by atoms with Gasteiger partial charge in [0.05, 0.1) is 11.9 Å². The Labute approximate surface area is 84.4 Å². The fraction of sp³-hybridized carbons (Fsp3) is 0.900. The Kier molecular flexibility index (Phi) is 4.64. The molecule has 0 aromatic rings. The summed E-state index contributed by atoms with van der Waals surface area (Å²) in [6.07, 6.45) is 5.24. The minimum Gasteiger partial charge on any atom is -0.462 e. The summed E-state index contributed by atoms with van der Waals surface area (Å²) in [6.45, 7) is 3.77. The molecule has 1 saturated carbocycles. The van der Waals surface area contributed by atoms with Crippen molar-refractivity contribution in [3.63, 3.8) is 0 Å². The Bertz CT molecular complexity index is 162. The highest BCUT2D eigenvalue weighted by Gasteiger charge is 2.17. The van der Waals surface area contributed by atoms with Gasteiger partial charge >= 0.3 is 5.97 Å². The van der Waals surface area contributed by atoms with Crippen molar-refractivity contribution in [3.05, 3.63) is 0 Å². The summed E-state index contributed by atoms with van der Waals surface area (Å²) >= 11 is 1.76. The molecule has 0 amide bonds. The molecule has 0 N–H and O–H groups in total. The molecule has 0 aromatic heterocycles. The van der Waals surface area contributed by atoms with Gasteiger partial charge in [0, 0.05) is 5.25 Å². The van der Waals surface area contributed by atoms with Crippen molar-refractivity contribution in [2.24, 2.45) is 0 Å². The lowest BCUT2D eigenvalue weighted by Gasteiger charge is -2.10. The zero-order chi connectivity index (χ0) is 9.68. The van der Waals surface area contributed by atoms with E-state index in [9.17, 15) is 4.79 Å². The summed E-state index contributed by atoms with van der Waals surface area (Å²) in [5, 5.41) is 0.708. The van der Waals surface area contributed by atoms with Crippen LogP contribution in [0.4, 0.5) is 0 Å². The Balaban J connectivity index is 2.07. The van der Waals surface area contributed by atoms with Gasteiger partial charge in [0.25, 0.3) is 0 Å². The van der Waals surface area contributed by atoms with Crippen LogP contribution >= 0.6 is 11.8 Å². The van der Waals surface area contributed by atoms with Crippen molar-refractivity contribution in [1.82, 2.24) is 0 Å². The lowest BCUT2D eigenvalue weighted by atomic mass is 10.4. The molecule has 2 nitrogen and oxygen atoms in total. The third-order valence-corrected chi connectivity index (χ3v) is 3.45. The zero-order valence-corrected chi connectivity index (χ0v) is 9.23. The van der Waals surface area contributed by atoms with E-state index in [1.54, 1.807) is 11.8 Å². The summed E-state index contributed by atoms with van der Waals surface area (Å²) in [6, 6.07) is 0. The van der Waals surface area contributed by atoms with E-state index in [-0.39, 0.29) is 12.1 Å². The molecule has 13 heavy (non-hydrogen) atoms. The second-order valence-corrected chi connectivity index (χ2v) is 5.04. The van der Waals surface area contributed by atoms with Crippen molar-refractivity contribution in [1.29, 1.82) is 0 Å². The third kappa shape index (κ3) is 4.55. The molecule has 1 rings (SSSR count). The Morgan fingerprint density at radius 3 is 2.62 bits per heavy atom. The summed E-state index contributed by atoms with van der Waals surface area (Å²) < 4.78 is 5.05. The van der Waals surface area contributed by atoms with Crippen LogP contribution in [0.2, 0.25) is 0 Å². The topological polar surface area (TPSA) is 26.3 Å². The predicted molar refractivity (Wildman–Crippen MR) is 55.9 cm³/mol. The minimum absolute atomic E-state index is 0.0247. The van der Waals surface area contributed by atoms with E-state index in [0.717, 1.165) is 0 Å². The molecule has 1 fully saturated rings. The molecule has 0 aromatic carbocycles. The third-order valence-electron chi connectivity index (χ3n) is 2.11. The molecule has 3 heteroatoms. The lowest BCUT2D eigenvalue weighted by Crippen LogP contribution is -2.14. The van der Waals surface area contributed by atoms with Crippen LogP contribution in [0.25, 0.3) is 0 Å². The summed E-state index contributed by atoms with van der Waals surface area (Å²) in [7, 11) is 0. The van der Waals surface area contributed by atoms with Crippen LogP contribution in [0.1, 0.15) is 39.5 Å². The van der Waals surface area contributed by atoms with Crippen LogP contribution in [0.3, 0.4) is 0 Å². The molecule has 0 atom stereocenters. The Hall–Kier alpha value is -0.180. The van der Waals surface area contributed by atoms with Crippen LogP contribution in [-0.2, 0) is 9.53 Å². The first-order chi connectivity index (χ1) is 6.18. The summed E-state index contributed by atoms with van der Waals surface area (Å²) in [4.78, 5) is 11.2. The molecular formula is C10H18O2S. The molecule has 0 radical (unpaired) electrons. The highest BCUT2D eigenvalue weighted by Crippen LogP contribution is 2.29. The van der Waals surface area contributed by atoms with Crippen LogP contribution in [-0.4, -0.2) is 23.1 Å². The van der Waals surface area contributed by atoms with Gasteiger partial charge < -0.3 is 4.74 Å². The van der Waals surface area contributed by atoms with Gasteiger partial charge in [-0.25, -0.2) is 0 Å². The lowest BCUT2D eigenvalue weighted by molar-refractivity contribution is -0.144. The monoisotopic (exact) mass is 202 g/mol. The molecule has 1 aliphatic carbocycles. The van der Waals surface area contributed by atoms with E-state index < -0.39 is 0 Å². The van der Waals surface area contributed by atoms with Crippen molar-refractivity contribution < 1.29 is 9.53 Å². The smallest absolute Gasteiger partial charge is 0.316 e. The maximum absolute atomic E-state index is 11.2. The van der Waals surface area contributed by atoms with Gasteiger partial charge in [-0.2, -0.15) is 0 Å². The second kappa shape index (κ2) is 5.53. The minimum atomic E-state index is -0.0631. The van der Waals surface area contributed by atoms with Gasteiger partial charge in [0.2, 0.25) is 0 Å². The van der Waals surface area contributed by atoms with E-state index in [1.165, 1.54) is 25.7 Å². The average Bonchev–Trinajstić information content (AvgIpc) is 2.51. The number of rotatable bonds is 4. The average molecular weight is 202 g/mol. The van der Waals surface area contributed by atoms with Crippen molar-refractivity contribution in [3.8, 4) is 0 Å². The zero-order valence-electron chi connectivity index (χ0n) is 8.41. The molecule has 76 valence electrons. The molecule has 1 aliphatic rings. The van der Waals surface area contributed by atoms with E-state index in [0.29, 0.717) is 11.0 Å². The first-order valence-corrected chi connectivity index (χ1v) is 6.04. The van der Waals surface area contributed by atoms with Crippen LogP contribution < -0.4 is 0 Å². The quantitative estimate of drug-likeness (QED) is 0.655. The summed E-state index contributed by atoms with van der Waals surface area (Å²) in [5.74, 6) is 0.468. The predicted octanol–water partition coefficient (Wildman–Crippen LogP) is 2.61. The van der Waals surface area contributed by atoms with Crippen LogP contribution in [0.5, 0.6) is 0 Å². The Morgan fingerprint density at radius 2 is 2.08 bits per heavy atom. The number of carbonyl (C=O) groups excluding carboxylic acids is 1. The number of esters is 1. The molecule has 0 spiro atoms. The van der Waals surface area contributed by atoms with Gasteiger partial charge in [-0.15, -0.1) is 11.8 Å². The molecule has 0 saturated heterocycles. The highest BCUT2D eigenvalue weighted by atomic mass is 32.2. The van der Waals surface area contributed by atoms with E-state index in [4.69, 9.17) is 4.74 Å². The Morgan fingerprint density at radius 1 is 1.46 bits per heavy atom. The van der Waals surface area contributed by atoms with Crippen molar-refractivity contribution in [2.45, 2.75) is 50.9 Å². The largest absolute Gasteiger partial charge is 0.462 e. The van der Waals surface area contributed by atoms with E-state index in [2.05, 4.69) is 0 Å². The molecule has 0 aliphatic heterocycles. The molecular weight excluding hydrogens is 184 g/mol. The van der Waals surface area contributed by atoms with Gasteiger partial charge in [-0.3, -0.25) is 4.79 Å². The maximum Gasteiger partial charge on any atom is 0.316 e. The first kappa shape index (κ1) is 10.9. The molecule has 0 unspecified atom stereocenters. The SMILES string of the molecule is CC(C)OC(=O)CSC1CCCC1. The van der Waals surface area contributed by atoms with Crippen molar-refractivity contribution >= 4 is 17.7 Å². The number of thioether (sulfide) groups is 1. The highest BCUT2D eigenvalue weighted by molar-refractivity contribution is 8.00. The number of ether oxygens (including phenoxy) is 1. The van der Waals surface area contributed by atoms with Gasteiger partial charge in [0.15, 0.2) is 0 Å². The van der Waals surface area contributed by atoms with E-state index in [1.807, 2.05) is 13.8 Å². The summed E-state index contributed by atoms with van der Waals surface area (Å²) in [5.41, 5.74) is 0. The van der Waals surface area contributed by atoms with Gasteiger partial charge in [-0.05, 0) is 26.7 Å². The normalized spacial score (nSPS) is 18.1. The first-order valence-electron chi connectivity index (χ1n) is 4.99. The fourth-order valence-electron chi connectivity index (χ4n) is 1.54. The van der Waals surface area contributed by atoms with Crippen LogP contribution in [0, 0.1) is 0 Å². The maximum atomic E-state index is 11.2.